The van der Waals surface area contributed by atoms with Gasteiger partial charge in [0.2, 0.25) is 0 Å². The van der Waals surface area contributed by atoms with E-state index in [0.717, 1.165) is 0 Å². The van der Waals surface area contributed by atoms with Gasteiger partial charge in [-0.25, -0.2) is 9.59 Å². The maximum absolute atomic E-state index is 12.3. The maximum Gasteiger partial charge on any atom is 0.408 e. The molecule has 1 atom stereocenters. The lowest BCUT2D eigenvalue weighted by atomic mass is 9.97. The van der Waals surface area contributed by atoms with Gasteiger partial charge in [0, 0.05) is 12.5 Å². The molecule has 0 heterocycles. The van der Waals surface area contributed by atoms with E-state index < -0.39 is 29.4 Å². The van der Waals surface area contributed by atoms with Gasteiger partial charge in [0.05, 0.1) is 6.04 Å². The normalized spacial score (nSPS) is 13.1. The van der Waals surface area contributed by atoms with Crippen LogP contribution in [0, 0.1) is 5.92 Å². The number of unbranched alkanes of at least 4 members (excludes halogenated alkanes) is 1. The van der Waals surface area contributed by atoms with Crippen LogP contribution in [0.2, 0.25) is 0 Å². The minimum atomic E-state index is -0.618. The standard InChI is InChI=1S/C19H36N2O5/c1-13(2)15(22)14(21-17(24)26-19(6,7)8)11-9-10-12-20-16(23)25-18(3,4)5/h13-14H,9-12H2,1-8H3,(H,20,23)(H,21,24)/t14-/m0/s1. The lowest BCUT2D eigenvalue weighted by molar-refractivity contribution is -0.124. The Hall–Kier alpha value is -1.79. The Labute approximate surface area is 157 Å². The molecule has 0 fully saturated rings. The van der Waals surface area contributed by atoms with Crippen LogP contribution in [-0.2, 0) is 14.3 Å². The molecular formula is C19H36N2O5. The van der Waals surface area contributed by atoms with Gasteiger partial charge in [0.25, 0.3) is 0 Å². The number of ether oxygens (including phenoxy) is 2. The second kappa shape index (κ2) is 10.4. The molecule has 0 rings (SSSR count). The van der Waals surface area contributed by atoms with Gasteiger partial charge in [-0.2, -0.15) is 0 Å². The quantitative estimate of drug-likeness (QED) is 0.632. The van der Waals surface area contributed by atoms with Crippen molar-refractivity contribution in [1.29, 1.82) is 0 Å². The Bertz CT molecular complexity index is 475. The van der Waals surface area contributed by atoms with E-state index in [1.807, 2.05) is 0 Å². The Morgan fingerprint density at radius 1 is 0.846 bits per heavy atom. The minimum Gasteiger partial charge on any atom is -0.444 e. The summed E-state index contributed by atoms with van der Waals surface area (Å²) in [5.41, 5.74) is -1.15. The van der Waals surface area contributed by atoms with Gasteiger partial charge in [0.1, 0.15) is 11.2 Å². The van der Waals surface area contributed by atoms with Gasteiger partial charge in [-0.1, -0.05) is 13.8 Å². The lowest BCUT2D eigenvalue weighted by Crippen LogP contribution is -2.45. The van der Waals surface area contributed by atoms with E-state index >= 15 is 0 Å². The second-order valence-corrected chi connectivity index (χ2v) is 8.68. The van der Waals surface area contributed by atoms with E-state index in [1.165, 1.54) is 0 Å². The van der Waals surface area contributed by atoms with E-state index in [0.29, 0.717) is 25.8 Å². The first kappa shape index (κ1) is 24.2. The monoisotopic (exact) mass is 372 g/mol. The van der Waals surface area contributed by atoms with Crippen molar-refractivity contribution in [2.45, 2.75) is 91.9 Å². The van der Waals surface area contributed by atoms with Crippen molar-refractivity contribution in [1.82, 2.24) is 10.6 Å². The van der Waals surface area contributed by atoms with Crippen molar-refractivity contribution in [3.05, 3.63) is 0 Å². The third-order valence-corrected chi connectivity index (χ3v) is 3.19. The highest BCUT2D eigenvalue weighted by atomic mass is 16.6. The summed E-state index contributed by atoms with van der Waals surface area (Å²) in [6.07, 6.45) is 0.792. The number of alkyl carbamates (subject to hydrolysis) is 2. The highest BCUT2D eigenvalue weighted by Gasteiger charge is 2.25. The molecular weight excluding hydrogens is 336 g/mol. The van der Waals surface area contributed by atoms with Crippen molar-refractivity contribution in [2.75, 3.05) is 6.54 Å². The SMILES string of the molecule is CC(C)C(=O)[C@H](CCCCNC(=O)OC(C)(C)C)NC(=O)OC(C)(C)C. The van der Waals surface area contributed by atoms with E-state index in [-0.39, 0.29) is 11.7 Å². The zero-order valence-corrected chi connectivity index (χ0v) is 17.5. The van der Waals surface area contributed by atoms with Crippen molar-refractivity contribution < 1.29 is 23.9 Å². The molecule has 0 aromatic heterocycles. The molecule has 0 saturated carbocycles. The summed E-state index contributed by atoms with van der Waals surface area (Å²) >= 11 is 0. The number of carbonyl (C=O) groups excluding carboxylic acids is 3. The van der Waals surface area contributed by atoms with Crippen LogP contribution < -0.4 is 10.6 Å². The fourth-order valence-corrected chi connectivity index (χ4v) is 2.12. The van der Waals surface area contributed by atoms with Crippen LogP contribution in [0.4, 0.5) is 9.59 Å². The smallest absolute Gasteiger partial charge is 0.408 e. The summed E-state index contributed by atoms with van der Waals surface area (Å²) in [5.74, 6) is -0.217. The van der Waals surface area contributed by atoms with Crippen molar-refractivity contribution >= 4 is 18.0 Å². The molecule has 0 radical (unpaired) electrons. The molecule has 7 heteroatoms. The Morgan fingerprint density at radius 2 is 1.35 bits per heavy atom. The molecule has 26 heavy (non-hydrogen) atoms. The zero-order chi connectivity index (χ0) is 20.5. The second-order valence-electron chi connectivity index (χ2n) is 8.68. The number of hydrogen-bond acceptors (Lipinski definition) is 5. The number of Topliss-reactive ketones (excluding diaryl/α,β-unsaturated/α-hetero) is 1. The molecule has 0 spiro atoms. The number of hydrogen-bond donors (Lipinski definition) is 2. The van der Waals surface area contributed by atoms with Gasteiger partial charge in [-0.05, 0) is 60.8 Å². The average molecular weight is 373 g/mol. The molecule has 2 N–H and O–H groups in total. The molecule has 0 unspecified atom stereocenters. The van der Waals surface area contributed by atoms with Crippen LogP contribution >= 0.6 is 0 Å². The van der Waals surface area contributed by atoms with Gasteiger partial charge in [-0.3, -0.25) is 4.79 Å². The number of rotatable bonds is 8. The summed E-state index contributed by atoms with van der Waals surface area (Å²) < 4.78 is 10.4. The Balaban J connectivity index is 4.39. The number of amides is 2. The van der Waals surface area contributed by atoms with E-state index in [2.05, 4.69) is 10.6 Å². The van der Waals surface area contributed by atoms with Gasteiger partial charge < -0.3 is 20.1 Å². The van der Waals surface area contributed by atoms with Crippen LogP contribution in [0.3, 0.4) is 0 Å². The van der Waals surface area contributed by atoms with Crippen LogP contribution in [0.25, 0.3) is 0 Å². The molecule has 7 nitrogen and oxygen atoms in total. The molecule has 152 valence electrons. The molecule has 0 saturated heterocycles. The van der Waals surface area contributed by atoms with Crippen molar-refractivity contribution in [2.24, 2.45) is 5.92 Å². The van der Waals surface area contributed by atoms with E-state index in [4.69, 9.17) is 9.47 Å². The van der Waals surface area contributed by atoms with Crippen LogP contribution in [0.5, 0.6) is 0 Å². The maximum atomic E-state index is 12.3. The number of nitrogens with one attached hydrogen (secondary N) is 2. The predicted molar refractivity (Wildman–Crippen MR) is 101 cm³/mol. The highest BCUT2D eigenvalue weighted by Crippen LogP contribution is 2.11. The van der Waals surface area contributed by atoms with Crippen LogP contribution in [0.15, 0.2) is 0 Å². The predicted octanol–water partition coefficient (Wildman–Crippen LogP) is 3.80. The molecule has 2 amide bonds. The lowest BCUT2D eigenvalue weighted by Gasteiger charge is -2.24. The molecule has 0 aliphatic heterocycles. The Kier molecular flexibility index (Phi) is 9.67. The fourth-order valence-electron chi connectivity index (χ4n) is 2.12. The molecule has 0 aliphatic rings. The van der Waals surface area contributed by atoms with Crippen molar-refractivity contribution in [3.8, 4) is 0 Å². The summed E-state index contributed by atoms with van der Waals surface area (Å²) in [7, 11) is 0. The fraction of sp³-hybridized carbons (Fsp3) is 0.842. The summed E-state index contributed by atoms with van der Waals surface area (Å²) in [6.45, 7) is 14.8. The molecule has 0 aromatic rings. The first-order valence-electron chi connectivity index (χ1n) is 9.21. The van der Waals surface area contributed by atoms with Gasteiger partial charge >= 0.3 is 12.2 Å². The molecule has 0 aliphatic carbocycles. The molecule has 0 bridgehead atoms. The highest BCUT2D eigenvalue weighted by molar-refractivity contribution is 5.88. The van der Waals surface area contributed by atoms with Crippen LogP contribution in [0.1, 0.15) is 74.7 Å². The van der Waals surface area contributed by atoms with Gasteiger partial charge in [-0.15, -0.1) is 0 Å². The Morgan fingerprint density at radius 3 is 1.81 bits per heavy atom. The number of ketones is 1. The first-order valence-corrected chi connectivity index (χ1v) is 9.21. The third-order valence-electron chi connectivity index (χ3n) is 3.19. The summed E-state index contributed by atoms with van der Waals surface area (Å²) in [5, 5.41) is 5.34. The van der Waals surface area contributed by atoms with E-state index in [9.17, 15) is 14.4 Å². The topological polar surface area (TPSA) is 93.7 Å². The minimum absolute atomic E-state index is 0.0315. The van der Waals surface area contributed by atoms with Gasteiger partial charge in [0.15, 0.2) is 5.78 Å². The third kappa shape index (κ3) is 12.6. The van der Waals surface area contributed by atoms with Crippen LogP contribution in [-0.4, -0.2) is 41.8 Å². The first-order chi connectivity index (χ1) is 11.7. The molecule has 0 aromatic carbocycles. The zero-order valence-electron chi connectivity index (χ0n) is 17.5. The van der Waals surface area contributed by atoms with E-state index in [1.54, 1.807) is 55.4 Å². The largest absolute Gasteiger partial charge is 0.444 e. The average Bonchev–Trinajstić information content (AvgIpc) is 2.40. The summed E-state index contributed by atoms with van der Waals surface area (Å²) in [4.78, 5) is 35.8. The summed E-state index contributed by atoms with van der Waals surface area (Å²) in [6, 6.07) is -0.591. The van der Waals surface area contributed by atoms with Crippen molar-refractivity contribution in [3.63, 3.8) is 0 Å². The number of carbonyl (C=O) groups is 3.